The van der Waals surface area contributed by atoms with Crippen LogP contribution in [0.5, 0.6) is 5.75 Å². The van der Waals surface area contributed by atoms with E-state index in [0.29, 0.717) is 17.9 Å². The average Bonchev–Trinajstić information content (AvgIpc) is 2.69. The van der Waals surface area contributed by atoms with Gasteiger partial charge in [-0.1, -0.05) is 12.1 Å². The average molecular weight is 384 g/mol. The zero-order valence-electron chi connectivity index (χ0n) is 16.2. The Balaban J connectivity index is 1.66. The Morgan fingerprint density at radius 1 is 1.21 bits per heavy atom. The fourth-order valence-corrected chi connectivity index (χ4v) is 3.66. The molecule has 1 aliphatic heterocycles. The molecule has 5 nitrogen and oxygen atoms in total. The standard InChI is InChI=1S/C22H25FN2O3/c1-15(26)24-19-8-5-16(6-9-19)13-25-11-3-4-17(14-25)22(27)20-12-18(23)7-10-21(20)28-2/h5-10,12,17H,3-4,11,13-14H2,1-2H3,(H,24,26). The number of methoxy groups -OCH3 is 1. The summed E-state index contributed by atoms with van der Waals surface area (Å²) in [5.74, 6) is -0.365. The molecule has 1 fully saturated rings. The van der Waals surface area contributed by atoms with E-state index >= 15 is 0 Å². The normalized spacial score (nSPS) is 17.2. The second kappa shape index (κ2) is 8.97. The minimum Gasteiger partial charge on any atom is -0.496 e. The lowest BCUT2D eigenvalue weighted by molar-refractivity contribution is -0.114. The van der Waals surface area contributed by atoms with E-state index in [1.165, 1.54) is 32.2 Å². The molecule has 1 amide bonds. The highest BCUT2D eigenvalue weighted by Gasteiger charge is 2.28. The lowest BCUT2D eigenvalue weighted by Crippen LogP contribution is -2.38. The molecule has 0 aromatic heterocycles. The third-order valence-electron chi connectivity index (χ3n) is 4.98. The van der Waals surface area contributed by atoms with Crippen molar-refractivity contribution in [2.45, 2.75) is 26.3 Å². The number of amides is 1. The SMILES string of the molecule is COc1ccc(F)cc1C(=O)C1CCCN(Cc2ccc(NC(C)=O)cc2)C1. The van der Waals surface area contributed by atoms with Crippen LogP contribution in [-0.4, -0.2) is 36.8 Å². The monoisotopic (exact) mass is 384 g/mol. The van der Waals surface area contributed by atoms with E-state index in [4.69, 9.17) is 4.74 Å². The molecule has 0 saturated carbocycles. The van der Waals surface area contributed by atoms with E-state index in [2.05, 4.69) is 10.2 Å². The van der Waals surface area contributed by atoms with Gasteiger partial charge in [0.05, 0.1) is 12.7 Å². The van der Waals surface area contributed by atoms with Crippen LogP contribution < -0.4 is 10.1 Å². The van der Waals surface area contributed by atoms with Crippen molar-refractivity contribution >= 4 is 17.4 Å². The third kappa shape index (κ3) is 4.95. The van der Waals surface area contributed by atoms with Gasteiger partial charge in [-0.25, -0.2) is 4.39 Å². The highest BCUT2D eigenvalue weighted by atomic mass is 19.1. The first-order chi connectivity index (χ1) is 13.5. The number of likely N-dealkylation sites (tertiary alicyclic amines) is 1. The largest absolute Gasteiger partial charge is 0.496 e. The second-order valence-corrected chi connectivity index (χ2v) is 7.16. The fourth-order valence-electron chi connectivity index (χ4n) is 3.66. The van der Waals surface area contributed by atoms with Crippen molar-refractivity contribution < 1.29 is 18.7 Å². The number of halogens is 1. The highest BCUT2D eigenvalue weighted by molar-refractivity contribution is 6.00. The van der Waals surface area contributed by atoms with Gasteiger partial charge in [0.25, 0.3) is 0 Å². The molecule has 2 aromatic carbocycles. The Bertz CT molecular complexity index is 851. The van der Waals surface area contributed by atoms with Gasteiger partial charge in [-0.05, 0) is 55.3 Å². The number of piperidine rings is 1. The molecule has 0 aliphatic carbocycles. The summed E-state index contributed by atoms with van der Waals surface area (Å²) in [5.41, 5.74) is 2.20. The van der Waals surface area contributed by atoms with Crippen molar-refractivity contribution in [1.82, 2.24) is 4.90 Å². The number of nitrogens with one attached hydrogen (secondary N) is 1. The fraction of sp³-hybridized carbons (Fsp3) is 0.364. The molecule has 6 heteroatoms. The van der Waals surface area contributed by atoms with E-state index in [9.17, 15) is 14.0 Å². The molecule has 2 aromatic rings. The number of ether oxygens (including phenoxy) is 1. The summed E-state index contributed by atoms with van der Waals surface area (Å²) in [6.07, 6.45) is 1.70. The minimum absolute atomic E-state index is 0.0675. The molecule has 1 saturated heterocycles. The Hall–Kier alpha value is -2.73. The molecule has 1 N–H and O–H groups in total. The maximum atomic E-state index is 13.6. The molecular weight excluding hydrogens is 359 g/mol. The van der Waals surface area contributed by atoms with E-state index < -0.39 is 5.82 Å². The molecule has 0 radical (unpaired) electrons. The zero-order chi connectivity index (χ0) is 20.1. The Morgan fingerprint density at radius 2 is 1.96 bits per heavy atom. The number of ketones is 1. The first kappa shape index (κ1) is 20.0. The number of carbonyl (C=O) groups is 2. The molecular formula is C22H25FN2O3. The highest BCUT2D eigenvalue weighted by Crippen LogP contribution is 2.27. The maximum absolute atomic E-state index is 13.6. The van der Waals surface area contributed by atoms with E-state index in [1.54, 1.807) is 0 Å². The topological polar surface area (TPSA) is 58.6 Å². The summed E-state index contributed by atoms with van der Waals surface area (Å²) in [6.45, 7) is 3.75. The summed E-state index contributed by atoms with van der Waals surface area (Å²) in [5, 5.41) is 2.75. The molecule has 1 heterocycles. The summed E-state index contributed by atoms with van der Waals surface area (Å²) >= 11 is 0. The van der Waals surface area contributed by atoms with Gasteiger partial charge in [0.15, 0.2) is 5.78 Å². The Labute approximate surface area is 164 Å². The smallest absolute Gasteiger partial charge is 0.221 e. The summed E-state index contributed by atoms with van der Waals surface area (Å²) in [4.78, 5) is 26.3. The van der Waals surface area contributed by atoms with Crippen molar-refractivity contribution in [2.75, 3.05) is 25.5 Å². The van der Waals surface area contributed by atoms with Crippen molar-refractivity contribution in [1.29, 1.82) is 0 Å². The molecule has 0 spiro atoms. The summed E-state index contributed by atoms with van der Waals surface area (Å²) < 4.78 is 18.9. The third-order valence-corrected chi connectivity index (χ3v) is 4.98. The van der Waals surface area contributed by atoms with Crippen molar-refractivity contribution in [2.24, 2.45) is 5.92 Å². The Morgan fingerprint density at radius 3 is 2.64 bits per heavy atom. The number of hydrogen-bond acceptors (Lipinski definition) is 4. The van der Waals surface area contributed by atoms with Gasteiger partial charge >= 0.3 is 0 Å². The van der Waals surface area contributed by atoms with Gasteiger partial charge in [-0.2, -0.15) is 0 Å². The van der Waals surface area contributed by atoms with Crippen molar-refractivity contribution in [3.05, 3.63) is 59.4 Å². The lowest BCUT2D eigenvalue weighted by Gasteiger charge is -2.32. The lowest BCUT2D eigenvalue weighted by atomic mass is 9.89. The number of Topliss-reactive ketones (excluding diaryl/α,β-unsaturated/α-hetero) is 1. The molecule has 1 aliphatic rings. The predicted octanol–water partition coefficient (Wildman–Crippen LogP) is 3.89. The minimum atomic E-state index is -0.434. The van der Waals surface area contributed by atoms with Crippen LogP contribution in [0.4, 0.5) is 10.1 Å². The van der Waals surface area contributed by atoms with Crippen LogP contribution in [0.25, 0.3) is 0 Å². The van der Waals surface area contributed by atoms with Crippen molar-refractivity contribution in [3.8, 4) is 5.75 Å². The first-order valence-electron chi connectivity index (χ1n) is 9.43. The number of benzene rings is 2. The zero-order valence-corrected chi connectivity index (χ0v) is 16.2. The summed E-state index contributed by atoms with van der Waals surface area (Å²) in [6, 6.07) is 11.8. The quantitative estimate of drug-likeness (QED) is 0.768. The van der Waals surface area contributed by atoms with Gasteiger partial charge in [0, 0.05) is 31.6 Å². The number of carbonyl (C=O) groups excluding carboxylic acids is 2. The van der Waals surface area contributed by atoms with Gasteiger partial charge in [0.1, 0.15) is 11.6 Å². The van der Waals surface area contributed by atoms with Crippen LogP contribution in [0.1, 0.15) is 35.7 Å². The van der Waals surface area contributed by atoms with Crippen molar-refractivity contribution in [3.63, 3.8) is 0 Å². The summed E-state index contributed by atoms with van der Waals surface area (Å²) in [7, 11) is 1.49. The van der Waals surface area contributed by atoms with Crippen LogP contribution in [0.15, 0.2) is 42.5 Å². The van der Waals surface area contributed by atoms with E-state index in [0.717, 1.165) is 37.2 Å². The number of hydrogen-bond donors (Lipinski definition) is 1. The van der Waals surface area contributed by atoms with Crippen LogP contribution in [-0.2, 0) is 11.3 Å². The molecule has 3 rings (SSSR count). The second-order valence-electron chi connectivity index (χ2n) is 7.16. The van der Waals surface area contributed by atoms with E-state index in [-0.39, 0.29) is 17.6 Å². The molecule has 1 atom stereocenters. The number of anilines is 1. The van der Waals surface area contributed by atoms with Gasteiger partial charge in [0.2, 0.25) is 5.91 Å². The van der Waals surface area contributed by atoms with Gasteiger partial charge in [-0.3, -0.25) is 14.5 Å². The van der Waals surface area contributed by atoms with Gasteiger partial charge < -0.3 is 10.1 Å². The predicted molar refractivity (Wildman–Crippen MR) is 106 cm³/mol. The van der Waals surface area contributed by atoms with Gasteiger partial charge in [-0.15, -0.1) is 0 Å². The maximum Gasteiger partial charge on any atom is 0.221 e. The van der Waals surface area contributed by atoms with Crippen LogP contribution >= 0.6 is 0 Å². The molecule has 1 unspecified atom stereocenters. The van der Waals surface area contributed by atoms with Crippen LogP contribution in [0.3, 0.4) is 0 Å². The molecule has 0 bridgehead atoms. The number of nitrogens with zero attached hydrogens (tertiary/aromatic N) is 1. The Kier molecular flexibility index (Phi) is 6.41. The molecule has 148 valence electrons. The number of rotatable bonds is 6. The van der Waals surface area contributed by atoms with E-state index in [1.807, 2.05) is 24.3 Å². The van der Waals surface area contributed by atoms with Crippen LogP contribution in [0, 0.1) is 11.7 Å². The van der Waals surface area contributed by atoms with Crippen LogP contribution in [0.2, 0.25) is 0 Å². The molecule has 28 heavy (non-hydrogen) atoms. The first-order valence-corrected chi connectivity index (χ1v) is 9.43.